The van der Waals surface area contributed by atoms with E-state index in [0.29, 0.717) is 17.0 Å². The zero-order valence-corrected chi connectivity index (χ0v) is 17.5. The fourth-order valence-electron chi connectivity index (χ4n) is 2.91. The molecule has 3 rings (SSSR count). The zero-order chi connectivity index (χ0) is 21.7. The molecule has 1 atom stereocenters. The number of carbonyl (C=O) groups excluding carboxylic acids is 3. The molecule has 3 amide bonds. The number of carbonyl (C=O) groups is 3. The minimum absolute atomic E-state index is 0.195. The molecule has 0 fully saturated rings. The Morgan fingerprint density at radius 1 is 1.00 bits per heavy atom. The van der Waals surface area contributed by atoms with Crippen molar-refractivity contribution in [3.63, 3.8) is 0 Å². The number of anilines is 1. The van der Waals surface area contributed by atoms with Gasteiger partial charge in [0.05, 0.1) is 4.88 Å². The van der Waals surface area contributed by atoms with E-state index in [2.05, 4.69) is 10.6 Å². The first-order valence-electron chi connectivity index (χ1n) is 9.50. The molecule has 4 N–H and O–H groups in total. The van der Waals surface area contributed by atoms with Crippen molar-refractivity contribution >= 4 is 44.8 Å². The molecule has 0 aliphatic heterocycles. The summed E-state index contributed by atoms with van der Waals surface area (Å²) in [4.78, 5) is 37.1. The number of hydroxylamine groups is 1. The van der Waals surface area contributed by atoms with Crippen LogP contribution in [0.3, 0.4) is 0 Å². The number of benzene rings is 2. The van der Waals surface area contributed by atoms with Gasteiger partial charge in [-0.25, -0.2) is 5.48 Å². The van der Waals surface area contributed by atoms with Crippen LogP contribution in [0.4, 0.5) is 5.69 Å². The van der Waals surface area contributed by atoms with Crippen molar-refractivity contribution in [1.29, 1.82) is 0 Å². The van der Waals surface area contributed by atoms with E-state index >= 15 is 0 Å². The minimum atomic E-state index is -0.726. The maximum atomic E-state index is 13.0. The van der Waals surface area contributed by atoms with Crippen LogP contribution in [0, 0.1) is 5.92 Å². The Kier molecular flexibility index (Phi) is 6.81. The van der Waals surface area contributed by atoms with Crippen LogP contribution in [0.25, 0.3) is 10.1 Å². The van der Waals surface area contributed by atoms with Gasteiger partial charge in [-0.15, -0.1) is 11.3 Å². The van der Waals surface area contributed by atoms with E-state index in [0.717, 1.165) is 15.6 Å². The minimum Gasteiger partial charge on any atom is -0.344 e. The standard InChI is InChI=1S/C22H23N3O4S/c1-13(2)20(26)24-17(10-14-6-4-3-5-7-14)21(27)23-16-8-9-18-15(11-16)12-19(30-18)22(28)25-29/h3-9,11-13,17,29H,10H2,1-2H3,(H,23,27)(H,24,26)(H,25,28). The maximum Gasteiger partial charge on any atom is 0.284 e. The molecule has 0 spiro atoms. The Bertz CT molecular complexity index is 1060. The monoisotopic (exact) mass is 425 g/mol. The smallest absolute Gasteiger partial charge is 0.284 e. The molecule has 0 saturated heterocycles. The molecule has 8 heteroatoms. The van der Waals surface area contributed by atoms with Crippen molar-refractivity contribution in [1.82, 2.24) is 10.8 Å². The van der Waals surface area contributed by atoms with Crippen LogP contribution >= 0.6 is 11.3 Å². The summed E-state index contributed by atoms with van der Waals surface area (Å²) in [5.41, 5.74) is 3.11. The summed E-state index contributed by atoms with van der Waals surface area (Å²) in [6.45, 7) is 3.55. The molecule has 1 unspecified atom stereocenters. The van der Waals surface area contributed by atoms with E-state index in [9.17, 15) is 14.4 Å². The van der Waals surface area contributed by atoms with Crippen LogP contribution in [0.15, 0.2) is 54.6 Å². The van der Waals surface area contributed by atoms with Gasteiger partial charge >= 0.3 is 0 Å². The molecule has 7 nitrogen and oxygen atoms in total. The average Bonchev–Trinajstić information content (AvgIpc) is 3.16. The van der Waals surface area contributed by atoms with Crippen LogP contribution in [-0.2, 0) is 16.0 Å². The Morgan fingerprint density at radius 3 is 2.40 bits per heavy atom. The predicted molar refractivity (Wildman–Crippen MR) is 117 cm³/mol. The fraction of sp³-hybridized carbons (Fsp3) is 0.227. The van der Waals surface area contributed by atoms with E-state index in [4.69, 9.17) is 5.21 Å². The van der Waals surface area contributed by atoms with E-state index in [1.165, 1.54) is 11.3 Å². The van der Waals surface area contributed by atoms with Crippen LogP contribution in [0.2, 0.25) is 0 Å². The summed E-state index contributed by atoms with van der Waals surface area (Å²) < 4.78 is 0.848. The third kappa shape index (κ3) is 5.22. The van der Waals surface area contributed by atoms with Crippen LogP contribution in [0.5, 0.6) is 0 Å². The molecule has 30 heavy (non-hydrogen) atoms. The Balaban J connectivity index is 1.79. The number of hydrogen-bond donors (Lipinski definition) is 4. The van der Waals surface area contributed by atoms with Crippen molar-refractivity contribution < 1.29 is 19.6 Å². The van der Waals surface area contributed by atoms with Crippen molar-refractivity contribution in [2.24, 2.45) is 5.92 Å². The normalized spacial score (nSPS) is 11.9. The van der Waals surface area contributed by atoms with Gasteiger partial charge in [-0.1, -0.05) is 44.2 Å². The summed E-state index contributed by atoms with van der Waals surface area (Å²) in [5.74, 6) is -1.34. The number of amides is 3. The highest BCUT2D eigenvalue weighted by atomic mass is 32.1. The van der Waals surface area contributed by atoms with E-state index < -0.39 is 11.9 Å². The summed E-state index contributed by atoms with van der Waals surface area (Å²) in [6, 6.07) is 15.7. The van der Waals surface area contributed by atoms with Gasteiger partial charge in [0.2, 0.25) is 11.8 Å². The summed E-state index contributed by atoms with van der Waals surface area (Å²) >= 11 is 1.24. The summed E-state index contributed by atoms with van der Waals surface area (Å²) in [5, 5.41) is 15.2. The van der Waals surface area contributed by atoms with Gasteiger partial charge in [-0.2, -0.15) is 0 Å². The number of thiophene rings is 1. The lowest BCUT2D eigenvalue weighted by Gasteiger charge is -2.20. The first-order valence-corrected chi connectivity index (χ1v) is 10.3. The molecule has 0 radical (unpaired) electrons. The maximum absolute atomic E-state index is 13.0. The molecular formula is C22H23N3O4S. The molecule has 1 aromatic heterocycles. The molecular weight excluding hydrogens is 402 g/mol. The number of nitrogens with one attached hydrogen (secondary N) is 3. The highest BCUT2D eigenvalue weighted by Crippen LogP contribution is 2.28. The Labute approximate surface area is 178 Å². The molecule has 0 saturated carbocycles. The van der Waals surface area contributed by atoms with Crippen LogP contribution in [0.1, 0.15) is 29.1 Å². The molecule has 1 heterocycles. The van der Waals surface area contributed by atoms with Gasteiger partial charge in [0.15, 0.2) is 0 Å². The van der Waals surface area contributed by atoms with Crippen molar-refractivity contribution in [3.05, 3.63) is 65.0 Å². The quantitative estimate of drug-likeness (QED) is 0.344. The predicted octanol–water partition coefficient (Wildman–Crippen LogP) is 3.34. The summed E-state index contributed by atoms with van der Waals surface area (Å²) in [7, 11) is 0. The Morgan fingerprint density at radius 2 is 1.73 bits per heavy atom. The van der Waals surface area contributed by atoms with E-state index in [1.807, 2.05) is 30.3 Å². The second-order valence-electron chi connectivity index (χ2n) is 7.20. The second-order valence-corrected chi connectivity index (χ2v) is 8.28. The number of fused-ring (bicyclic) bond motifs is 1. The first-order chi connectivity index (χ1) is 14.4. The lowest BCUT2D eigenvalue weighted by molar-refractivity contribution is -0.128. The molecule has 3 aromatic rings. The van der Waals surface area contributed by atoms with Gasteiger partial charge in [0, 0.05) is 22.7 Å². The third-order valence-corrected chi connectivity index (χ3v) is 5.66. The fourth-order valence-corrected chi connectivity index (χ4v) is 3.85. The van der Waals surface area contributed by atoms with Crippen molar-refractivity contribution in [3.8, 4) is 0 Å². The first kappa shape index (κ1) is 21.5. The van der Waals surface area contributed by atoms with Gasteiger partial charge in [0.25, 0.3) is 5.91 Å². The summed E-state index contributed by atoms with van der Waals surface area (Å²) in [6.07, 6.45) is 0.368. The van der Waals surface area contributed by atoms with Crippen molar-refractivity contribution in [2.45, 2.75) is 26.3 Å². The molecule has 0 aliphatic rings. The molecule has 0 aliphatic carbocycles. The van der Waals surface area contributed by atoms with Gasteiger partial charge in [-0.3, -0.25) is 19.6 Å². The largest absolute Gasteiger partial charge is 0.344 e. The van der Waals surface area contributed by atoms with E-state index in [-0.39, 0.29) is 17.7 Å². The molecule has 2 aromatic carbocycles. The lowest BCUT2D eigenvalue weighted by atomic mass is 10.0. The van der Waals surface area contributed by atoms with Crippen LogP contribution < -0.4 is 16.1 Å². The van der Waals surface area contributed by atoms with Crippen molar-refractivity contribution in [2.75, 3.05) is 5.32 Å². The van der Waals surface area contributed by atoms with Crippen LogP contribution in [-0.4, -0.2) is 29.0 Å². The average molecular weight is 426 g/mol. The lowest BCUT2D eigenvalue weighted by Crippen LogP contribution is -2.46. The molecule has 156 valence electrons. The third-order valence-electron chi connectivity index (χ3n) is 4.55. The highest BCUT2D eigenvalue weighted by molar-refractivity contribution is 7.20. The topological polar surface area (TPSA) is 108 Å². The van der Waals surface area contributed by atoms with E-state index in [1.54, 1.807) is 43.6 Å². The zero-order valence-electron chi connectivity index (χ0n) is 16.6. The van der Waals surface area contributed by atoms with Gasteiger partial charge < -0.3 is 10.6 Å². The SMILES string of the molecule is CC(C)C(=O)NC(Cc1ccccc1)C(=O)Nc1ccc2sc(C(=O)NO)cc2c1. The second kappa shape index (κ2) is 9.51. The number of hydrogen-bond acceptors (Lipinski definition) is 5. The van der Waals surface area contributed by atoms with Gasteiger partial charge in [-0.05, 0) is 35.2 Å². The number of rotatable bonds is 7. The Hall–Kier alpha value is -3.23. The molecule has 0 bridgehead atoms. The van der Waals surface area contributed by atoms with Gasteiger partial charge in [0.1, 0.15) is 6.04 Å². The highest BCUT2D eigenvalue weighted by Gasteiger charge is 2.23.